The van der Waals surface area contributed by atoms with Crippen molar-refractivity contribution in [1.29, 1.82) is 0 Å². The van der Waals surface area contributed by atoms with Crippen LogP contribution >= 0.6 is 0 Å². The van der Waals surface area contributed by atoms with Gasteiger partial charge in [-0.15, -0.1) is 0 Å². The fraction of sp³-hybridized carbons (Fsp3) is 0.643. The Balaban J connectivity index is 1.72. The quantitative estimate of drug-likeness (QED) is 0.863. The Morgan fingerprint density at radius 3 is 2.89 bits per heavy atom. The van der Waals surface area contributed by atoms with Crippen LogP contribution in [-0.4, -0.2) is 49.3 Å². The van der Waals surface area contributed by atoms with Gasteiger partial charge in [-0.2, -0.15) is 0 Å². The molecule has 0 spiro atoms. The number of morpholine rings is 1. The lowest BCUT2D eigenvalue weighted by Crippen LogP contribution is -2.40. The van der Waals surface area contributed by atoms with Crippen molar-refractivity contribution in [1.82, 2.24) is 9.88 Å². The van der Waals surface area contributed by atoms with Crippen LogP contribution in [0.2, 0.25) is 0 Å². The number of nitrogens with one attached hydrogen (secondary N) is 1. The van der Waals surface area contributed by atoms with E-state index in [0.29, 0.717) is 5.92 Å². The highest BCUT2D eigenvalue weighted by Crippen LogP contribution is 2.07. The number of hydrogen-bond acceptors (Lipinski definition) is 4. The summed E-state index contributed by atoms with van der Waals surface area (Å²) < 4.78 is 5.36. The van der Waals surface area contributed by atoms with Crippen molar-refractivity contribution in [3.05, 3.63) is 23.9 Å². The van der Waals surface area contributed by atoms with E-state index in [0.717, 1.165) is 50.9 Å². The zero-order valence-electron chi connectivity index (χ0n) is 11.4. The van der Waals surface area contributed by atoms with Crippen molar-refractivity contribution in [2.24, 2.45) is 5.92 Å². The van der Waals surface area contributed by atoms with Crippen LogP contribution in [0.25, 0.3) is 0 Å². The van der Waals surface area contributed by atoms with Crippen molar-refractivity contribution in [2.45, 2.75) is 13.8 Å². The molecule has 0 amide bonds. The van der Waals surface area contributed by atoms with Crippen LogP contribution in [0.15, 0.2) is 18.2 Å². The Bertz CT molecular complexity index is 364. The van der Waals surface area contributed by atoms with E-state index in [4.69, 9.17) is 4.74 Å². The van der Waals surface area contributed by atoms with Crippen molar-refractivity contribution < 1.29 is 4.74 Å². The summed E-state index contributed by atoms with van der Waals surface area (Å²) in [5.41, 5.74) is 1.06. The Morgan fingerprint density at radius 1 is 1.39 bits per heavy atom. The van der Waals surface area contributed by atoms with Crippen LogP contribution in [0.3, 0.4) is 0 Å². The van der Waals surface area contributed by atoms with Crippen LogP contribution in [0, 0.1) is 12.8 Å². The molecular formula is C14H23N3O. The maximum Gasteiger partial charge on any atom is 0.126 e. The summed E-state index contributed by atoms with van der Waals surface area (Å²) in [6.45, 7) is 10.3. The number of pyridine rings is 1. The average molecular weight is 249 g/mol. The topological polar surface area (TPSA) is 37.4 Å². The molecule has 0 radical (unpaired) electrons. The van der Waals surface area contributed by atoms with Gasteiger partial charge in [-0.1, -0.05) is 13.0 Å². The largest absolute Gasteiger partial charge is 0.379 e. The summed E-state index contributed by atoms with van der Waals surface area (Å²) in [6, 6.07) is 6.08. The second kappa shape index (κ2) is 6.71. The third-order valence-electron chi connectivity index (χ3n) is 3.19. The van der Waals surface area contributed by atoms with Crippen LogP contribution < -0.4 is 5.32 Å². The minimum absolute atomic E-state index is 0.616. The van der Waals surface area contributed by atoms with Gasteiger partial charge in [-0.25, -0.2) is 4.98 Å². The third kappa shape index (κ3) is 4.27. The number of aromatic nitrogens is 1. The summed E-state index contributed by atoms with van der Waals surface area (Å²) in [5.74, 6) is 1.59. The zero-order valence-corrected chi connectivity index (χ0v) is 11.4. The summed E-state index contributed by atoms with van der Waals surface area (Å²) in [4.78, 5) is 6.92. The lowest BCUT2D eigenvalue weighted by Gasteiger charge is -2.29. The standard InChI is InChI=1S/C14H23N3O/c1-12(11-17-6-8-18-9-7-17)10-15-14-5-3-4-13(2)16-14/h3-5,12H,6-11H2,1-2H3,(H,15,16)/t12-/m1/s1. The molecule has 1 aliphatic heterocycles. The molecule has 1 atom stereocenters. The minimum Gasteiger partial charge on any atom is -0.379 e. The van der Waals surface area contributed by atoms with E-state index in [1.54, 1.807) is 0 Å². The molecule has 1 N–H and O–H groups in total. The second-order valence-electron chi connectivity index (χ2n) is 5.06. The van der Waals surface area contributed by atoms with Crippen LogP contribution in [0.5, 0.6) is 0 Å². The van der Waals surface area contributed by atoms with Gasteiger partial charge in [0.1, 0.15) is 5.82 Å². The lowest BCUT2D eigenvalue weighted by molar-refractivity contribution is 0.0325. The van der Waals surface area contributed by atoms with E-state index in [9.17, 15) is 0 Å². The first-order valence-corrected chi connectivity index (χ1v) is 6.71. The molecule has 0 aliphatic carbocycles. The zero-order chi connectivity index (χ0) is 12.8. The molecular weight excluding hydrogens is 226 g/mol. The van der Waals surface area contributed by atoms with Gasteiger partial charge in [0.2, 0.25) is 0 Å². The van der Waals surface area contributed by atoms with Crippen LogP contribution in [0.4, 0.5) is 5.82 Å². The first kappa shape index (κ1) is 13.3. The maximum absolute atomic E-state index is 5.36. The van der Waals surface area contributed by atoms with E-state index in [1.807, 2.05) is 25.1 Å². The molecule has 2 rings (SSSR count). The molecule has 4 nitrogen and oxygen atoms in total. The monoisotopic (exact) mass is 249 g/mol. The van der Waals surface area contributed by atoms with Gasteiger partial charge in [0.05, 0.1) is 13.2 Å². The van der Waals surface area contributed by atoms with Crippen LogP contribution in [-0.2, 0) is 4.74 Å². The molecule has 1 aromatic rings. The normalized spacial score (nSPS) is 18.6. The van der Waals surface area contributed by atoms with Gasteiger partial charge in [0.25, 0.3) is 0 Å². The Kier molecular flexibility index (Phi) is 4.96. The fourth-order valence-corrected chi connectivity index (χ4v) is 2.21. The summed E-state index contributed by atoms with van der Waals surface area (Å²) in [7, 11) is 0. The molecule has 1 fully saturated rings. The van der Waals surface area contributed by atoms with Crippen molar-refractivity contribution >= 4 is 5.82 Å². The molecule has 0 unspecified atom stereocenters. The number of nitrogens with zero attached hydrogens (tertiary/aromatic N) is 2. The van der Waals surface area contributed by atoms with Gasteiger partial charge in [0.15, 0.2) is 0 Å². The first-order valence-electron chi connectivity index (χ1n) is 6.71. The molecule has 1 saturated heterocycles. The lowest BCUT2D eigenvalue weighted by atomic mass is 10.1. The highest BCUT2D eigenvalue weighted by atomic mass is 16.5. The number of anilines is 1. The molecule has 18 heavy (non-hydrogen) atoms. The van der Waals surface area contributed by atoms with Gasteiger partial charge in [0, 0.05) is 31.9 Å². The molecule has 0 saturated carbocycles. The summed E-state index contributed by atoms with van der Waals surface area (Å²) in [5, 5.41) is 3.41. The van der Waals surface area contributed by atoms with Crippen LogP contribution in [0.1, 0.15) is 12.6 Å². The predicted molar refractivity (Wildman–Crippen MR) is 73.9 cm³/mol. The molecule has 1 aromatic heterocycles. The molecule has 1 aliphatic rings. The highest BCUT2D eigenvalue weighted by Gasteiger charge is 2.13. The number of ether oxygens (including phenoxy) is 1. The predicted octanol–water partition coefficient (Wildman–Crippen LogP) is 1.77. The molecule has 100 valence electrons. The number of aryl methyl sites for hydroxylation is 1. The Hall–Kier alpha value is -1.13. The van der Waals surface area contributed by atoms with E-state index >= 15 is 0 Å². The van der Waals surface area contributed by atoms with Crippen molar-refractivity contribution in [3.8, 4) is 0 Å². The molecule has 2 heterocycles. The fourth-order valence-electron chi connectivity index (χ4n) is 2.21. The van der Waals surface area contributed by atoms with Gasteiger partial charge >= 0.3 is 0 Å². The molecule has 0 bridgehead atoms. The SMILES string of the molecule is Cc1cccc(NC[C@@H](C)CN2CCOCC2)n1. The third-order valence-corrected chi connectivity index (χ3v) is 3.19. The highest BCUT2D eigenvalue weighted by molar-refractivity contribution is 5.34. The summed E-state index contributed by atoms with van der Waals surface area (Å²) >= 11 is 0. The number of hydrogen-bond donors (Lipinski definition) is 1. The van der Waals surface area contributed by atoms with E-state index in [1.165, 1.54) is 0 Å². The first-order chi connectivity index (χ1) is 8.74. The van der Waals surface area contributed by atoms with E-state index < -0.39 is 0 Å². The van der Waals surface area contributed by atoms with E-state index in [-0.39, 0.29) is 0 Å². The van der Waals surface area contributed by atoms with E-state index in [2.05, 4.69) is 22.1 Å². The maximum atomic E-state index is 5.36. The van der Waals surface area contributed by atoms with Gasteiger partial charge in [-0.05, 0) is 25.0 Å². The molecule has 4 heteroatoms. The van der Waals surface area contributed by atoms with Gasteiger partial charge < -0.3 is 10.1 Å². The molecule has 0 aromatic carbocycles. The smallest absolute Gasteiger partial charge is 0.126 e. The summed E-state index contributed by atoms with van der Waals surface area (Å²) in [6.07, 6.45) is 0. The van der Waals surface area contributed by atoms with Gasteiger partial charge in [-0.3, -0.25) is 4.90 Å². The minimum atomic E-state index is 0.616. The average Bonchev–Trinajstić information content (AvgIpc) is 2.38. The Morgan fingerprint density at radius 2 is 2.17 bits per heavy atom. The number of rotatable bonds is 5. The van der Waals surface area contributed by atoms with Crippen molar-refractivity contribution in [2.75, 3.05) is 44.7 Å². The second-order valence-corrected chi connectivity index (χ2v) is 5.06. The van der Waals surface area contributed by atoms with Crippen molar-refractivity contribution in [3.63, 3.8) is 0 Å². The Labute approximate surface area is 109 Å².